The van der Waals surface area contributed by atoms with Gasteiger partial charge in [0.2, 0.25) is 5.89 Å². The van der Waals surface area contributed by atoms with Crippen LogP contribution in [0.5, 0.6) is 0 Å². The highest BCUT2D eigenvalue weighted by Gasteiger charge is 2.22. The number of benzene rings is 1. The van der Waals surface area contributed by atoms with Gasteiger partial charge < -0.3 is 14.4 Å². The van der Waals surface area contributed by atoms with Gasteiger partial charge >= 0.3 is 0 Å². The number of fused-ring (bicyclic) bond motifs is 1. The number of para-hydroxylation sites is 1. The summed E-state index contributed by atoms with van der Waals surface area (Å²) in [5.74, 6) is 0.870. The third-order valence-electron chi connectivity index (χ3n) is 4.35. The lowest BCUT2D eigenvalue weighted by Gasteiger charge is -2.18. The normalized spacial score (nSPS) is 11.5. The van der Waals surface area contributed by atoms with E-state index in [-0.39, 0.29) is 18.3 Å². The molecule has 0 atom stereocenters. The lowest BCUT2D eigenvalue weighted by molar-refractivity contribution is 0.0741. The second-order valence-corrected chi connectivity index (χ2v) is 6.81. The van der Waals surface area contributed by atoms with Crippen LogP contribution in [0, 0.1) is 18.7 Å². The fraction of sp³-hybridized carbons (Fsp3) is 0.421. The Balaban J connectivity index is 1.84. The summed E-state index contributed by atoms with van der Waals surface area (Å²) in [6, 6.07) is 4.81. The van der Waals surface area contributed by atoms with E-state index in [1.807, 2.05) is 13.8 Å². The Kier molecular flexibility index (Phi) is 5.06. The maximum Gasteiger partial charge on any atom is 0.270 e. The number of nitrogens with one attached hydrogen (secondary N) is 1. The topological polar surface area (TPSA) is 75.0 Å². The third kappa shape index (κ3) is 3.47. The molecule has 0 saturated carbocycles. The molecule has 3 aromatic rings. The molecule has 0 bridgehead atoms. The molecule has 1 N–H and O–H groups in total. The number of carbonyl (C=O) groups is 1. The zero-order chi connectivity index (χ0) is 18.8. The van der Waals surface area contributed by atoms with Gasteiger partial charge in [-0.1, -0.05) is 31.1 Å². The number of H-pyrrole nitrogens is 1. The van der Waals surface area contributed by atoms with Crippen LogP contribution in [0.1, 0.15) is 48.5 Å². The molecule has 2 aromatic heterocycles. The van der Waals surface area contributed by atoms with Gasteiger partial charge in [0.25, 0.3) is 5.91 Å². The van der Waals surface area contributed by atoms with Gasteiger partial charge in [-0.15, -0.1) is 0 Å². The first-order chi connectivity index (χ1) is 12.4. The molecule has 7 heteroatoms. The van der Waals surface area contributed by atoms with E-state index in [0.29, 0.717) is 47.2 Å². The molecule has 2 heterocycles. The molecule has 0 aliphatic carbocycles. The number of aromatic nitrogens is 3. The first-order valence-corrected chi connectivity index (χ1v) is 8.78. The molecule has 6 nitrogen and oxygen atoms in total. The summed E-state index contributed by atoms with van der Waals surface area (Å²) < 4.78 is 19.2. The van der Waals surface area contributed by atoms with Gasteiger partial charge in [0.1, 0.15) is 11.5 Å². The maximum absolute atomic E-state index is 14.0. The highest BCUT2D eigenvalue weighted by atomic mass is 19.1. The molecule has 1 amide bonds. The first kappa shape index (κ1) is 18.1. The van der Waals surface area contributed by atoms with E-state index in [9.17, 15) is 9.18 Å². The standard InChI is InChI=1S/C19H23FN4O2/c1-5-24(10-15-21-16(26-23-15)9-11(2)3)19(25)17-12(4)13-7-6-8-14(20)18(13)22-17/h6-8,11,22H,5,9-10H2,1-4H3. The Labute approximate surface area is 151 Å². The molecule has 26 heavy (non-hydrogen) atoms. The summed E-state index contributed by atoms with van der Waals surface area (Å²) in [7, 11) is 0. The first-order valence-electron chi connectivity index (χ1n) is 8.78. The smallest absolute Gasteiger partial charge is 0.270 e. The molecule has 3 rings (SSSR count). The van der Waals surface area contributed by atoms with Crippen molar-refractivity contribution in [2.75, 3.05) is 6.54 Å². The zero-order valence-electron chi connectivity index (χ0n) is 15.5. The van der Waals surface area contributed by atoms with Crippen LogP contribution in [0.4, 0.5) is 4.39 Å². The van der Waals surface area contributed by atoms with Gasteiger partial charge in [0.05, 0.1) is 12.1 Å². The van der Waals surface area contributed by atoms with E-state index in [4.69, 9.17) is 4.52 Å². The highest BCUT2D eigenvalue weighted by Crippen LogP contribution is 2.25. The molecule has 0 saturated heterocycles. The predicted octanol–water partition coefficient (Wildman–Crippen LogP) is 3.86. The van der Waals surface area contributed by atoms with Gasteiger partial charge in [-0.2, -0.15) is 4.98 Å². The fourth-order valence-electron chi connectivity index (χ4n) is 2.97. The summed E-state index contributed by atoms with van der Waals surface area (Å²) in [6.45, 7) is 8.56. The van der Waals surface area contributed by atoms with Gasteiger partial charge in [-0.3, -0.25) is 4.79 Å². The van der Waals surface area contributed by atoms with E-state index < -0.39 is 0 Å². The molecular formula is C19H23FN4O2. The Bertz CT molecular complexity index is 929. The quantitative estimate of drug-likeness (QED) is 0.726. The van der Waals surface area contributed by atoms with E-state index in [2.05, 4.69) is 29.0 Å². The molecule has 0 spiro atoms. The molecule has 0 unspecified atom stereocenters. The SMILES string of the molecule is CCN(Cc1noc(CC(C)C)n1)C(=O)c1[nH]c2c(F)cccc2c1C. The van der Waals surface area contributed by atoms with Crippen LogP contribution in [-0.2, 0) is 13.0 Å². The molecule has 138 valence electrons. The summed E-state index contributed by atoms with van der Waals surface area (Å²) in [4.78, 5) is 21.8. The molecule has 0 aliphatic heterocycles. The minimum absolute atomic E-state index is 0.212. The molecule has 0 aliphatic rings. The molecule has 0 radical (unpaired) electrons. The van der Waals surface area contributed by atoms with Crippen molar-refractivity contribution in [1.82, 2.24) is 20.0 Å². The van der Waals surface area contributed by atoms with Crippen LogP contribution < -0.4 is 0 Å². The van der Waals surface area contributed by atoms with Crippen molar-refractivity contribution in [3.8, 4) is 0 Å². The van der Waals surface area contributed by atoms with Crippen LogP contribution >= 0.6 is 0 Å². The van der Waals surface area contributed by atoms with Crippen LogP contribution in [0.25, 0.3) is 10.9 Å². The van der Waals surface area contributed by atoms with Gasteiger partial charge in [0.15, 0.2) is 5.82 Å². The number of aryl methyl sites for hydroxylation is 1. The van der Waals surface area contributed by atoms with Gasteiger partial charge in [-0.05, 0) is 31.4 Å². The number of amides is 1. The fourth-order valence-corrected chi connectivity index (χ4v) is 2.97. The van der Waals surface area contributed by atoms with Gasteiger partial charge in [-0.25, -0.2) is 4.39 Å². The number of halogens is 1. The van der Waals surface area contributed by atoms with E-state index in [0.717, 1.165) is 5.56 Å². The highest BCUT2D eigenvalue weighted by molar-refractivity contribution is 6.00. The van der Waals surface area contributed by atoms with E-state index in [1.54, 1.807) is 17.0 Å². The van der Waals surface area contributed by atoms with Crippen LogP contribution in [0.2, 0.25) is 0 Å². The van der Waals surface area contributed by atoms with Crippen LogP contribution in [0.15, 0.2) is 22.7 Å². The molecular weight excluding hydrogens is 335 g/mol. The minimum atomic E-state index is -0.371. The zero-order valence-corrected chi connectivity index (χ0v) is 15.5. The third-order valence-corrected chi connectivity index (χ3v) is 4.35. The average Bonchev–Trinajstić information content (AvgIpc) is 3.17. The number of carbonyl (C=O) groups excluding carboxylic acids is 1. The lowest BCUT2D eigenvalue weighted by Crippen LogP contribution is -2.31. The van der Waals surface area contributed by atoms with Crippen molar-refractivity contribution in [2.45, 2.75) is 40.7 Å². The number of aromatic amines is 1. The maximum atomic E-state index is 14.0. The number of nitrogens with zero attached hydrogens (tertiary/aromatic N) is 3. The summed E-state index contributed by atoms with van der Waals surface area (Å²) in [5, 5.41) is 4.67. The Morgan fingerprint density at radius 2 is 2.15 bits per heavy atom. The predicted molar refractivity (Wildman–Crippen MR) is 96.2 cm³/mol. The Hall–Kier alpha value is -2.70. The number of hydrogen-bond acceptors (Lipinski definition) is 4. The minimum Gasteiger partial charge on any atom is -0.348 e. The van der Waals surface area contributed by atoms with Crippen molar-refractivity contribution in [1.29, 1.82) is 0 Å². The average molecular weight is 358 g/mol. The summed E-state index contributed by atoms with van der Waals surface area (Å²) in [6.07, 6.45) is 0.702. The van der Waals surface area contributed by atoms with Crippen molar-refractivity contribution >= 4 is 16.8 Å². The van der Waals surface area contributed by atoms with Crippen LogP contribution in [-0.4, -0.2) is 32.5 Å². The van der Waals surface area contributed by atoms with E-state index in [1.165, 1.54) is 6.07 Å². The lowest BCUT2D eigenvalue weighted by atomic mass is 10.1. The van der Waals surface area contributed by atoms with Crippen molar-refractivity contribution in [3.05, 3.63) is 47.0 Å². The van der Waals surface area contributed by atoms with Crippen molar-refractivity contribution in [3.63, 3.8) is 0 Å². The summed E-state index contributed by atoms with van der Waals surface area (Å²) >= 11 is 0. The number of rotatable bonds is 6. The second kappa shape index (κ2) is 7.27. The van der Waals surface area contributed by atoms with Gasteiger partial charge in [0, 0.05) is 18.4 Å². The van der Waals surface area contributed by atoms with E-state index >= 15 is 0 Å². The Morgan fingerprint density at radius 3 is 2.81 bits per heavy atom. The number of hydrogen-bond donors (Lipinski definition) is 1. The monoisotopic (exact) mass is 358 g/mol. The Morgan fingerprint density at radius 1 is 1.38 bits per heavy atom. The van der Waals surface area contributed by atoms with Crippen molar-refractivity contribution < 1.29 is 13.7 Å². The molecule has 1 aromatic carbocycles. The summed E-state index contributed by atoms with van der Waals surface area (Å²) in [5.41, 5.74) is 1.47. The second-order valence-electron chi connectivity index (χ2n) is 6.81. The van der Waals surface area contributed by atoms with Crippen LogP contribution in [0.3, 0.4) is 0 Å². The van der Waals surface area contributed by atoms with Crippen molar-refractivity contribution in [2.24, 2.45) is 5.92 Å². The largest absolute Gasteiger partial charge is 0.348 e. The molecule has 0 fully saturated rings.